The molecule has 0 unspecified atom stereocenters. The van der Waals surface area contributed by atoms with E-state index in [9.17, 15) is 13.2 Å². The molecule has 2 N–H and O–H groups in total. The van der Waals surface area contributed by atoms with E-state index in [1.807, 2.05) is 18.2 Å². The molecule has 0 radical (unpaired) electrons. The number of anilines is 1. The summed E-state index contributed by atoms with van der Waals surface area (Å²) >= 11 is 6.26. The Morgan fingerprint density at radius 3 is 2.87 bits per heavy atom. The van der Waals surface area contributed by atoms with Crippen LogP contribution in [0.1, 0.15) is 0 Å². The topological polar surface area (TPSA) is 108 Å². The number of allylic oxidation sites excluding steroid dienone is 2. The molecule has 1 amide bonds. The third-order valence-corrected chi connectivity index (χ3v) is 6.45. The van der Waals surface area contributed by atoms with Crippen LogP contribution in [0.25, 0.3) is 22.4 Å². The first-order valence-electron chi connectivity index (χ1n) is 9.44. The smallest absolute Gasteiger partial charge is 0.259 e. The zero-order chi connectivity index (χ0) is 21.6. The third kappa shape index (κ3) is 3.73. The molecule has 0 spiro atoms. The number of carbonyl (C=O) groups is 1. The third-order valence-electron chi connectivity index (χ3n) is 4.97. The highest BCUT2D eigenvalue weighted by Crippen LogP contribution is 2.28. The van der Waals surface area contributed by atoms with Gasteiger partial charge in [-0.25, -0.2) is 13.4 Å². The van der Waals surface area contributed by atoms with Crippen molar-refractivity contribution in [1.82, 2.24) is 14.9 Å². The summed E-state index contributed by atoms with van der Waals surface area (Å²) in [5.74, 6) is 0.229. The van der Waals surface area contributed by atoms with Crippen LogP contribution < -0.4 is 5.32 Å². The lowest BCUT2D eigenvalue weighted by molar-refractivity contribution is -0.112. The number of aromatic nitrogens is 2. The Morgan fingerprint density at radius 1 is 1.19 bits per heavy atom. The minimum Gasteiger partial charge on any atom is -0.338 e. The van der Waals surface area contributed by atoms with E-state index in [-0.39, 0.29) is 23.7 Å². The Balaban J connectivity index is 1.43. The van der Waals surface area contributed by atoms with Gasteiger partial charge in [-0.05, 0) is 42.5 Å². The molecular weight excluding hydrogens is 438 g/mol. The summed E-state index contributed by atoms with van der Waals surface area (Å²) in [6.45, 7) is 0.257. The lowest BCUT2D eigenvalue weighted by Crippen LogP contribution is -2.40. The van der Waals surface area contributed by atoms with Crippen LogP contribution in [0.15, 0.2) is 70.8 Å². The highest BCUT2D eigenvalue weighted by molar-refractivity contribution is 7.90. The number of nitrogens with one attached hydrogen (secondary N) is 2. The lowest BCUT2D eigenvalue weighted by Gasteiger charge is -2.28. The summed E-state index contributed by atoms with van der Waals surface area (Å²) in [6.07, 6.45) is 4.95. The molecule has 10 heteroatoms. The molecule has 0 atom stereocenters. The molecule has 2 aliphatic heterocycles. The van der Waals surface area contributed by atoms with E-state index >= 15 is 0 Å². The van der Waals surface area contributed by atoms with E-state index in [1.54, 1.807) is 47.5 Å². The van der Waals surface area contributed by atoms with Gasteiger partial charge in [0.1, 0.15) is 5.82 Å². The molecule has 3 aromatic rings. The van der Waals surface area contributed by atoms with Gasteiger partial charge in [-0.3, -0.25) is 4.79 Å². The number of fused-ring (bicyclic) bond motifs is 2. The zero-order valence-electron chi connectivity index (χ0n) is 16.0. The number of hydrogen-bond acceptors (Lipinski definition) is 5. The zero-order valence-corrected chi connectivity index (χ0v) is 17.6. The maximum absolute atomic E-state index is 12.9. The van der Waals surface area contributed by atoms with Crippen LogP contribution in [-0.2, 0) is 14.8 Å². The molecule has 5 rings (SSSR count). The highest BCUT2D eigenvalue weighted by atomic mass is 35.5. The van der Waals surface area contributed by atoms with E-state index in [0.717, 1.165) is 16.6 Å². The van der Waals surface area contributed by atoms with E-state index in [1.165, 1.54) is 0 Å². The summed E-state index contributed by atoms with van der Waals surface area (Å²) in [7, 11) is -3.58. The summed E-state index contributed by atoms with van der Waals surface area (Å²) in [6, 6.07) is 12.7. The van der Waals surface area contributed by atoms with Gasteiger partial charge in [0, 0.05) is 24.0 Å². The van der Waals surface area contributed by atoms with E-state index in [4.69, 9.17) is 11.6 Å². The lowest BCUT2D eigenvalue weighted by atomic mass is 10.1. The molecule has 0 saturated heterocycles. The molecule has 31 heavy (non-hydrogen) atoms. The Hall–Kier alpha value is -3.43. The van der Waals surface area contributed by atoms with Crippen LogP contribution in [-0.4, -0.2) is 47.3 Å². The number of benzene rings is 2. The van der Waals surface area contributed by atoms with E-state index in [2.05, 4.69) is 19.7 Å². The first kappa shape index (κ1) is 19.5. The van der Waals surface area contributed by atoms with Crippen LogP contribution in [0.5, 0.6) is 0 Å². The van der Waals surface area contributed by atoms with Gasteiger partial charge in [0.05, 0.1) is 27.4 Å². The number of carbonyl (C=O) groups excluding carboxylic acids is 1. The molecule has 0 bridgehead atoms. The van der Waals surface area contributed by atoms with Crippen LogP contribution in [0.3, 0.4) is 0 Å². The molecule has 8 nitrogen and oxygen atoms in total. The second-order valence-corrected chi connectivity index (χ2v) is 9.23. The van der Waals surface area contributed by atoms with Crippen molar-refractivity contribution in [2.75, 3.05) is 17.6 Å². The summed E-state index contributed by atoms with van der Waals surface area (Å²) < 4.78 is 27.6. The standard InChI is InChI=1S/C21H16ClN5O3S/c22-16-6-2-1-4-14(16)19-24-17-8-7-13(12-18(17)25-19)23-21(28)15-5-3-9-27-10-11-31(29,30)26-20(15)27/h1-9,12H,10-11H2,(H,23,28)(H,24,25). The number of amidine groups is 1. The van der Waals surface area contributed by atoms with Gasteiger partial charge < -0.3 is 15.2 Å². The van der Waals surface area contributed by atoms with Crippen molar-refractivity contribution in [3.05, 3.63) is 71.4 Å². The number of imidazole rings is 1. The number of hydrogen-bond donors (Lipinski definition) is 2. The normalized spacial score (nSPS) is 17.1. The fourth-order valence-corrected chi connectivity index (χ4v) is 4.67. The Bertz CT molecular complexity index is 1420. The largest absolute Gasteiger partial charge is 0.338 e. The summed E-state index contributed by atoms with van der Waals surface area (Å²) in [5, 5.41) is 3.39. The number of nitrogens with zero attached hydrogens (tertiary/aromatic N) is 3. The van der Waals surface area contributed by atoms with Gasteiger partial charge in [0.25, 0.3) is 15.9 Å². The van der Waals surface area contributed by atoms with Crippen LogP contribution in [0.4, 0.5) is 5.69 Å². The van der Waals surface area contributed by atoms with Crippen molar-refractivity contribution in [2.45, 2.75) is 0 Å². The Morgan fingerprint density at radius 2 is 2.03 bits per heavy atom. The molecule has 3 heterocycles. The van der Waals surface area contributed by atoms with Crippen LogP contribution in [0.2, 0.25) is 5.02 Å². The summed E-state index contributed by atoms with van der Waals surface area (Å²) in [5.41, 5.74) is 2.95. The van der Waals surface area contributed by atoms with Crippen LogP contribution >= 0.6 is 11.6 Å². The minimum absolute atomic E-state index is 0.0833. The summed E-state index contributed by atoms with van der Waals surface area (Å²) in [4.78, 5) is 22.3. The molecular formula is C21H16ClN5O3S. The van der Waals surface area contributed by atoms with Gasteiger partial charge in [-0.15, -0.1) is 4.40 Å². The molecule has 0 fully saturated rings. The van der Waals surface area contributed by atoms with Crippen molar-refractivity contribution in [1.29, 1.82) is 0 Å². The second kappa shape index (κ2) is 7.36. The SMILES string of the molecule is O=C(Nc1ccc2nc(-c3ccccc3Cl)[nH]c2c1)C1=CC=CN2CCS(=O)(=O)N=C12. The maximum Gasteiger partial charge on any atom is 0.259 e. The fraction of sp³-hybridized carbons (Fsp3) is 0.0952. The number of H-pyrrole nitrogens is 1. The quantitative estimate of drug-likeness (QED) is 0.632. The van der Waals surface area contributed by atoms with Gasteiger partial charge in [-0.1, -0.05) is 23.7 Å². The van der Waals surface area contributed by atoms with Crippen molar-refractivity contribution in [3.63, 3.8) is 0 Å². The predicted molar refractivity (Wildman–Crippen MR) is 120 cm³/mol. The second-order valence-electron chi connectivity index (χ2n) is 7.07. The molecule has 156 valence electrons. The molecule has 1 aromatic heterocycles. The van der Waals surface area contributed by atoms with Gasteiger partial charge in [-0.2, -0.15) is 0 Å². The monoisotopic (exact) mass is 453 g/mol. The number of aromatic amines is 1. The predicted octanol–water partition coefficient (Wildman–Crippen LogP) is 3.32. The molecule has 2 aliphatic rings. The average molecular weight is 454 g/mol. The number of halogens is 1. The van der Waals surface area contributed by atoms with E-state index < -0.39 is 15.9 Å². The average Bonchev–Trinajstić information content (AvgIpc) is 3.16. The number of amides is 1. The molecule has 0 saturated carbocycles. The fourth-order valence-electron chi connectivity index (χ4n) is 3.46. The number of sulfonamides is 1. The highest BCUT2D eigenvalue weighted by Gasteiger charge is 2.30. The van der Waals surface area contributed by atoms with E-state index in [0.29, 0.717) is 16.5 Å². The molecule has 2 aromatic carbocycles. The van der Waals surface area contributed by atoms with Gasteiger partial charge in [0.15, 0.2) is 5.84 Å². The van der Waals surface area contributed by atoms with Gasteiger partial charge >= 0.3 is 0 Å². The van der Waals surface area contributed by atoms with Crippen molar-refractivity contribution in [2.24, 2.45) is 4.40 Å². The maximum atomic E-state index is 12.9. The number of rotatable bonds is 3. The van der Waals surface area contributed by atoms with Crippen molar-refractivity contribution in [3.8, 4) is 11.4 Å². The van der Waals surface area contributed by atoms with Crippen LogP contribution in [0, 0.1) is 0 Å². The van der Waals surface area contributed by atoms with Crippen molar-refractivity contribution >= 4 is 50.1 Å². The first-order valence-corrected chi connectivity index (χ1v) is 11.4. The van der Waals surface area contributed by atoms with Crippen molar-refractivity contribution < 1.29 is 13.2 Å². The minimum atomic E-state index is -3.58. The van der Waals surface area contributed by atoms with Gasteiger partial charge in [0.2, 0.25) is 0 Å². The molecule has 0 aliphatic carbocycles. The first-order chi connectivity index (χ1) is 14.9. The Kier molecular flexibility index (Phi) is 4.64. The Labute approximate surface area is 183 Å².